The van der Waals surface area contributed by atoms with Crippen molar-refractivity contribution >= 4 is 35.1 Å². The van der Waals surface area contributed by atoms with E-state index in [0.29, 0.717) is 34.5 Å². The molecule has 0 unspecified atom stereocenters. The summed E-state index contributed by atoms with van der Waals surface area (Å²) >= 11 is 7.40. The summed E-state index contributed by atoms with van der Waals surface area (Å²) in [5, 5.41) is 5.32. The van der Waals surface area contributed by atoms with Crippen molar-refractivity contribution in [2.75, 3.05) is 31.1 Å². The summed E-state index contributed by atoms with van der Waals surface area (Å²) in [6.07, 6.45) is 3.35. The van der Waals surface area contributed by atoms with Gasteiger partial charge >= 0.3 is 0 Å². The van der Waals surface area contributed by atoms with E-state index in [4.69, 9.17) is 16.1 Å². The topological polar surface area (TPSA) is 75.4 Å². The molecular weight excluding hydrogens is 410 g/mol. The molecule has 1 amide bonds. The number of pyridine rings is 2. The molecule has 0 spiro atoms. The summed E-state index contributed by atoms with van der Waals surface area (Å²) in [5.74, 6) is 2.25. The van der Waals surface area contributed by atoms with Crippen LogP contribution < -0.4 is 4.90 Å². The maximum Gasteiger partial charge on any atom is 0.256 e. The number of carbonyl (C=O) groups excluding carboxylic acids is 1. The summed E-state index contributed by atoms with van der Waals surface area (Å²) in [6.45, 7) is 4.56. The van der Waals surface area contributed by atoms with Crippen LogP contribution in [0.2, 0.25) is 5.02 Å². The van der Waals surface area contributed by atoms with Gasteiger partial charge in [0.05, 0.1) is 16.3 Å². The highest BCUT2D eigenvalue weighted by Crippen LogP contribution is 2.26. The van der Waals surface area contributed by atoms with Gasteiger partial charge in [-0.1, -0.05) is 28.5 Å². The standard InChI is InChI=1S/C20H20ClN5O2S/c1-14-11-16(24-28-14)13-29-19-17(3-2-6-22-19)20(27)26-9-7-25(8-10-26)18-5-4-15(21)12-23-18/h2-6,11-12H,7-10,13H2,1H3. The van der Waals surface area contributed by atoms with Gasteiger partial charge in [0, 0.05) is 50.4 Å². The van der Waals surface area contributed by atoms with E-state index < -0.39 is 0 Å². The van der Waals surface area contributed by atoms with E-state index in [0.717, 1.165) is 30.4 Å². The molecule has 0 saturated carbocycles. The molecule has 0 N–H and O–H groups in total. The first kappa shape index (κ1) is 19.7. The fourth-order valence-corrected chi connectivity index (χ4v) is 4.14. The zero-order valence-electron chi connectivity index (χ0n) is 15.9. The summed E-state index contributed by atoms with van der Waals surface area (Å²) in [5.41, 5.74) is 1.46. The number of nitrogens with zero attached hydrogens (tertiary/aromatic N) is 5. The van der Waals surface area contributed by atoms with Crippen LogP contribution in [0.1, 0.15) is 21.8 Å². The van der Waals surface area contributed by atoms with E-state index >= 15 is 0 Å². The zero-order valence-corrected chi connectivity index (χ0v) is 17.5. The van der Waals surface area contributed by atoms with Crippen LogP contribution in [0.3, 0.4) is 0 Å². The van der Waals surface area contributed by atoms with E-state index in [1.54, 1.807) is 18.5 Å². The molecule has 0 radical (unpaired) electrons. The highest BCUT2D eigenvalue weighted by Gasteiger charge is 2.25. The van der Waals surface area contributed by atoms with Gasteiger partial charge in [-0.25, -0.2) is 9.97 Å². The van der Waals surface area contributed by atoms with Gasteiger partial charge < -0.3 is 14.3 Å². The van der Waals surface area contributed by atoms with Gasteiger partial charge in [0.25, 0.3) is 5.91 Å². The van der Waals surface area contributed by atoms with Crippen molar-refractivity contribution in [3.63, 3.8) is 0 Å². The molecule has 0 aromatic carbocycles. The van der Waals surface area contributed by atoms with Crippen molar-refractivity contribution < 1.29 is 9.32 Å². The molecule has 1 saturated heterocycles. The van der Waals surface area contributed by atoms with Gasteiger partial charge in [-0.05, 0) is 31.2 Å². The van der Waals surface area contributed by atoms with E-state index in [1.165, 1.54) is 11.8 Å². The van der Waals surface area contributed by atoms with Gasteiger partial charge in [-0.2, -0.15) is 0 Å². The third-order valence-electron chi connectivity index (χ3n) is 4.64. The van der Waals surface area contributed by atoms with E-state index in [2.05, 4.69) is 20.0 Å². The molecule has 29 heavy (non-hydrogen) atoms. The largest absolute Gasteiger partial charge is 0.361 e. The minimum absolute atomic E-state index is 0.000601. The summed E-state index contributed by atoms with van der Waals surface area (Å²) in [7, 11) is 0. The molecular formula is C20H20ClN5O2S. The zero-order chi connectivity index (χ0) is 20.2. The lowest BCUT2D eigenvalue weighted by Gasteiger charge is -2.35. The molecule has 1 aliphatic rings. The lowest BCUT2D eigenvalue weighted by atomic mass is 10.2. The van der Waals surface area contributed by atoms with Crippen molar-refractivity contribution in [1.82, 2.24) is 20.0 Å². The Morgan fingerprint density at radius 2 is 2.03 bits per heavy atom. The molecule has 4 heterocycles. The first-order valence-corrected chi connectivity index (χ1v) is 10.6. The third-order valence-corrected chi connectivity index (χ3v) is 5.90. The predicted molar refractivity (Wildman–Crippen MR) is 112 cm³/mol. The van der Waals surface area contributed by atoms with Gasteiger partial charge in [0.1, 0.15) is 16.6 Å². The number of anilines is 1. The van der Waals surface area contributed by atoms with Crippen LogP contribution >= 0.6 is 23.4 Å². The number of halogens is 1. The van der Waals surface area contributed by atoms with E-state index in [-0.39, 0.29) is 5.91 Å². The molecule has 4 rings (SSSR count). The van der Waals surface area contributed by atoms with Crippen LogP contribution in [-0.2, 0) is 5.75 Å². The molecule has 150 valence electrons. The molecule has 9 heteroatoms. The Kier molecular flexibility index (Phi) is 6.01. The monoisotopic (exact) mass is 429 g/mol. The number of carbonyl (C=O) groups is 1. The van der Waals surface area contributed by atoms with E-state index in [9.17, 15) is 4.79 Å². The SMILES string of the molecule is Cc1cc(CSc2ncccc2C(=O)N2CCN(c3ccc(Cl)cn3)CC2)no1. The molecule has 3 aromatic heterocycles. The third kappa shape index (κ3) is 4.71. The number of hydrogen-bond donors (Lipinski definition) is 0. The Bertz CT molecular complexity index is 987. The van der Waals surface area contributed by atoms with Crippen molar-refractivity contribution in [1.29, 1.82) is 0 Å². The fourth-order valence-electron chi connectivity index (χ4n) is 3.16. The van der Waals surface area contributed by atoms with Gasteiger partial charge in [0.15, 0.2) is 0 Å². The minimum Gasteiger partial charge on any atom is -0.361 e. The highest BCUT2D eigenvalue weighted by molar-refractivity contribution is 7.98. The number of amides is 1. The Morgan fingerprint density at radius 1 is 1.21 bits per heavy atom. The number of hydrogen-bond acceptors (Lipinski definition) is 7. The summed E-state index contributed by atoms with van der Waals surface area (Å²) in [6, 6.07) is 9.25. The molecule has 0 atom stereocenters. The first-order chi connectivity index (χ1) is 14.1. The fraction of sp³-hybridized carbons (Fsp3) is 0.300. The first-order valence-electron chi connectivity index (χ1n) is 9.26. The average Bonchev–Trinajstić information content (AvgIpc) is 3.18. The van der Waals surface area contributed by atoms with Crippen LogP contribution in [0.4, 0.5) is 5.82 Å². The smallest absolute Gasteiger partial charge is 0.256 e. The van der Waals surface area contributed by atoms with Crippen molar-refractivity contribution in [3.8, 4) is 0 Å². The Hall–Kier alpha value is -2.58. The maximum absolute atomic E-state index is 13.1. The molecule has 0 aliphatic carbocycles. The normalized spacial score (nSPS) is 14.3. The maximum atomic E-state index is 13.1. The number of aryl methyl sites for hydroxylation is 1. The summed E-state index contributed by atoms with van der Waals surface area (Å²) in [4.78, 5) is 25.9. The number of aromatic nitrogens is 3. The lowest BCUT2D eigenvalue weighted by Crippen LogP contribution is -2.49. The van der Waals surface area contributed by atoms with Crippen LogP contribution in [-0.4, -0.2) is 52.1 Å². The average molecular weight is 430 g/mol. The second kappa shape index (κ2) is 8.84. The number of rotatable bonds is 5. The van der Waals surface area contributed by atoms with Crippen LogP contribution in [0, 0.1) is 6.92 Å². The van der Waals surface area contributed by atoms with Crippen molar-refractivity contribution in [3.05, 3.63) is 64.8 Å². The Morgan fingerprint density at radius 3 is 2.72 bits per heavy atom. The van der Waals surface area contributed by atoms with Gasteiger partial charge in [-0.3, -0.25) is 4.79 Å². The lowest BCUT2D eigenvalue weighted by molar-refractivity contribution is 0.0742. The minimum atomic E-state index is 0.000601. The Balaban J connectivity index is 1.40. The highest BCUT2D eigenvalue weighted by atomic mass is 35.5. The molecule has 0 bridgehead atoms. The second-order valence-electron chi connectivity index (χ2n) is 6.69. The number of piperazine rings is 1. The van der Waals surface area contributed by atoms with E-state index in [1.807, 2.05) is 36.1 Å². The number of thioether (sulfide) groups is 1. The molecule has 1 aliphatic heterocycles. The van der Waals surface area contributed by atoms with Gasteiger partial charge in [-0.15, -0.1) is 0 Å². The summed E-state index contributed by atoms with van der Waals surface area (Å²) < 4.78 is 5.10. The van der Waals surface area contributed by atoms with Crippen LogP contribution in [0.25, 0.3) is 0 Å². The van der Waals surface area contributed by atoms with Crippen molar-refractivity contribution in [2.24, 2.45) is 0 Å². The van der Waals surface area contributed by atoms with Crippen molar-refractivity contribution in [2.45, 2.75) is 17.7 Å². The van der Waals surface area contributed by atoms with Crippen LogP contribution in [0.5, 0.6) is 0 Å². The predicted octanol–water partition coefficient (Wildman–Crippen LogP) is 3.68. The van der Waals surface area contributed by atoms with Crippen LogP contribution in [0.15, 0.2) is 52.3 Å². The second-order valence-corrected chi connectivity index (χ2v) is 8.09. The quantitative estimate of drug-likeness (QED) is 0.572. The van der Waals surface area contributed by atoms with Gasteiger partial charge in [0.2, 0.25) is 0 Å². The molecule has 1 fully saturated rings. The molecule has 3 aromatic rings. The Labute approximate surface area is 178 Å². The molecule has 7 nitrogen and oxygen atoms in total.